The van der Waals surface area contributed by atoms with Crippen LogP contribution in [-0.4, -0.2) is 11.2 Å². The van der Waals surface area contributed by atoms with Crippen LogP contribution in [-0.2, 0) is 5.41 Å². The highest BCUT2D eigenvalue weighted by molar-refractivity contribution is 7.98. The third-order valence-electron chi connectivity index (χ3n) is 2.68. The fourth-order valence-corrected chi connectivity index (χ4v) is 3.40. The van der Waals surface area contributed by atoms with Gasteiger partial charge in [0.25, 0.3) is 0 Å². The zero-order valence-electron chi connectivity index (χ0n) is 11.0. The fourth-order valence-electron chi connectivity index (χ4n) is 1.62. The molecule has 0 aliphatic rings. The molecule has 0 fully saturated rings. The highest BCUT2D eigenvalue weighted by atomic mass is 32.2. The summed E-state index contributed by atoms with van der Waals surface area (Å²) in [5.41, 5.74) is 1.64. The maximum absolute atomic E-state index is 14.0. The first kappa shape index (κ1) is 13.6. The molecule has 0 radical (unpaired) electrons. The van der Waals surface area contributed by atoms with Crippen LogP contribution in [0.15, 0.2) is 28.5 Å². The SMILES string of the molecule is CSc1cccc(F)c1-c1nc(C(C)(C)C)cs1. The number of hydrogen-bond acceptors (Lipinski definition) is 3. The van der Waals surface area contributed by atoms with E-state index in [0.717, 1.165) is 15.6 Å². The minimum absolute atomic E-state index is 0.000469. The number of thioether (sulfide) groups is 1. The van der Waals surface area contributed by atoms with Crippen molar-refractivity contribution < 1.29 is 4.39 Å². The van der Waals surface area contributed by atoms with Crippen LogP contribution in [0.3, 0.4) is 0 Å². The standard InChI is InChI=1S/C14H16FNS2/c1-14(2,3)11-8-18-13(16-11)12-9(15)6-5-7-10(12)17-4/h5-8H,1-4H3. The molecule has 1 aromatic heterocycles. The Labute approximate surface area is 115 Å². The Hall–Kier alpha value is -0.870. The molecule has 2 aromatic rings. The highest BCUT2D eigenvalue weighted by Crippen LogP contribution is 2.36. The quantitative estimate of drug-likeness (QED) is 0.721. The van der Waals surface area contributed by atoms with Crippen molar-refractivity contribution in [1.82, 2.24) is 4.98 Å². The fraction of sp³-hybridized carbons (Fsp3) is 0.357. The third kappa shape index (κ3) is 2.59. The molecular formula is C14H16FNS2. The van der Waals surface area contributed by atoms with E-state index in [2.05, 4.69) is 25.8 Å². The van der Waals surface area contributed by atoms with E-state index >= 15 is 0 Å². The number of rotatable bonds is 2. The van der Waals surface area contributed by atoms with Gasteiger partial charge in [0, 0.05) is 15.7 Å². The van der Waals surface area contributed by atoms with Crippen LogP contribution in [0.25, 0.3) is 10.6 Å². The van der Waals surface area contributed by atoms with Crippen LogP contribution in [0.2, 0.25) is 0 Å². The van der Waals surface area contributed by atoms with Gasteiger partial charge in [0.15, 0.2) is 0 Å². The lowest BCUT2D eigenvalue weighted by Crippen LogP contribution is -2.11. The van der Waals surface area contributed by atoms with E-state index in [1.54, 1.807) is 17.8 Å². The second kappa shape index (κ2) is 5.02. The normalized spacial score (nSPS) is 11.8. The molecule has 0 saturated heterocycles. The van der Waals surface area contributed by atoms with Gasteiger partial charge in [-0.1, -0.05) is 26.8 Å². The van der Waals surface area contributed by atoms with Crippen molar-refractivity contribution in [1.29, 1.82) is 0 Å². The van der Waals surface area contributed by atoms with Crippen molar-refractivity contribution in [3.8, 4) is 10.6 Å². The zero-order chi connectivity index (χ0) is 13.3. The molecule has 0 atom stereocenters. The molecule has 0 aliphatic carbocycles. The van der Waals surface area contributed by atoms with E-state index in [9.17, 15) is 4.39 Å². The first-order valence-corrected chi connectivity index (χ1v) is 7.83. The molecule has 0 saturated carbocycles. The van der Waals surface area contributed by atoms with Crippen molar-refractivity contribution in [3.05, 3.63) is 35.1 Å². The van der Waals surface area contributed by atoms with Crippen molar-refractivity contribution in [2.45, 2.75) is 31.1 Å². The van der Waals surface area contributed by atoms with Gasteiger partial charge in [-0.05, 0) is 18.4 Å². The van der Waals surface area contributed by atoms with Crippen LogP contribution in [0.1, 0.15) is 26.5 Å². The molecule has 0 aliphatic heterocycles. The van der Waals surface area contributed by atoms with Crippen LogP contribution in [0, 0.1) is 5.82 Å². The van der Waals surface area contributed by atoms with Crippen molar-refractivity contribution in [2.75, 3.05) is 6.26 Å². The van der Waals surface area contributed by atoms with Crippen LogP contribution in [0.5, 0.6) is 0 Å². The first-order chi connectivity index (χ1) is 8.43. The number of nitrogens with zero attached hydrogens (tertiary/aromatic N) is 1. The predicted molar refractivity (Wildman–Crippen MR) is 78.0 cm³/mol. The van der Waals surface area contributed by atoms with Gasteiger partial charge < -0.3 is 0 Å². The summed E-state index contributed by atoms with van der Waals surface area (Å²) in [6.07, 6.45) is 1.95. The Kier molecular flexibility index (Phi) is 3.78. The van der Waals surface area contributed by atoms with Crippen LogP contribution in [0.4, 0.5) is 4.39 Å². The Balaban J connectivity index is 2.53. The molecule has 0 unspecified atom stereocenters. The molecular weight excluding hydrogens is 265 g/mol. The monoisotopic (exact) mass is 281 g/mol. The maximum Gasteiger partial charge on any atom is 0.134 e. The van der Waals surface area contributed by atoms with Gasteiger partial charge in [0.2, 0.25) is 0 Å². The van der Waals surface area contributed by atoms with E-state index in [1.807, 2.05) is 17.7 Å². The molecule has 18 heavy (non-hydrogen) atoms. The van der Waals surface area contributed by atoms with E-state index in [1.165, 1.54) is 17.4 Å². The minimum atomic E-state index is -0.198. The van der Waals surface area contributed by atoms with Gasteiger partial charge in [-0.3, -0.25) is 0 Å². The highest BCUT2D eigenvalue weighted by Gasteiger charge is 2.20. The van der Waals surface area contributed by atoms with Gasteiger partial charge in [-0.2, -0.15) is 0 Å². The summed E-state index contributed by atoms with van der Waals surface area (Å²) in [7, 11) is 0. The molecule has 0 bridgehead atoms. The lowest BCUT2D eigenvalue weighted by molar-refractivity contribution is 0.573. The number of thiazole rings is 1. The van der Waals surface area contributed by atoms with Gasteiger partial charge in [0.05, 0.1) is 11.3 Å². The van der Waals surface area contributed by atoms with Gasteiger partial charge in [-0.25, -0.2) is 9.37 Å². The Morgan fingerprint density at radius 1 is 1.28 bits per heavy atom. The lowest BCUT2D eigenvalue weighted by Gasteiger charge is -2.14. The van der Waals surface area contributed by atoms with E-state index in [4.69, 9.17) is 0 Å². The lowest BCUT2D eigenvalue weighted by atomic mass is 9.93. The van der Waals surface area contributed by atoms with E-state index in [0.29, 0.717) is 5.56 Å². The largest absolute Gasteiger partial charge is 0.240 e. The summed E-state index contributed by atoms with van der Waals surface area (Å²) in [6, 6.07) is 5.16. The maximum atomic E-state index is 14.0. The summed E-state index contributed by atoms with van der Waals surface area (Å²) in [4.78, 5) is 5.52. The molecule has 1 heterocycles. The molecule has 2 rings (SSSR count). The zero-order valence-corrected chi connectivity index (χ0v) is 12.6. The Morgan fingerprint density at radius 3 is 2.56 bits per heavy atom. The summed E-state index contributed by atoms with van der Waals surface area (Å²) < 4.78 is 14.0. The Bertz CT molecular complexity index is 555. The first-order valence-electron chi connectivity index (χ1n) is 5.72. The molecule has 4 heteroatoms. The average Bonchev–Trinajstić information content (AvgIpc) is 2.77. The summed E-state index contributed by atoms with van der Waals surface area (Å²) in [5, 5.41) is 2.79. The number of halogens is 1. The Morgan fingerprint density at radius 2 is 2.00 bits per heavy atom. The van der Waals surface area contributed by atoms with E-state index < -0.39 is 0 Å². The second-order valence-corrected chi connectivity index (χ2v) is 6.81. The summed E-state index contributed by atoms with van der Waals surface area (Å²) in [5.74, 6) is -0.198. The van der Waals surface area contributed by atoms with E-state index in [-0.39, 0.29) is 11.2 Å². The topological polar surface area (TPSA) is 12.9 Å². The van der Waals surface area contributed by atoms with Gasteiger partial charge >= 0.3 is 0 Å². The summed E-state index contributed by atoms with van der Waals surface area (Å²) >= 11 is 3.06. The number of hydrogen-bond donors (Lipinski definition) is 0. The predicted octanol–water partition coefficient (Wildman–Crippen LogP) is 4.97. The second-order valence-electron chi connectivity index (χ2n) is 5.10. The van der Waals surface area contributed by atoms with Gasteiger partial charge in [0.1, 0.15) is 10.8 Å². The average molecular weight is 281 g/mol. The third-order valence-corrected chi connectivity index (χ3v) is 4.32. The molecule has 0 spiro atoms. The summed E-state index contributed by atoms with van der Waals surface area (Å²) in [6.45, 7) is 6.34. The molecule has 1 nitrogen and oxygen atoms in total. The molecule has 96 valence electrons. The van der Waals surface area contributed by atoms with Crippen molar-refractivity contribution >= 4 is 23.1 Å². The molecule has 0 amide bonds. The van der Waals surface area contributed by atoms with Crippen molar-refractivity contribution in [2.24, 2.45) is 0 Å². The van der Waals surface area contributed by atoms with Crippen LogP contribution >= 0.6 is 23.1 Å². The van der Waals surface area contributed by atoms with Gasteiger partial charge in [-0.15, -0.1) is 23.1 Å². The minimum Gasteiger partial charge on any atom is -0.240 e. The smallest absolute Gasteiger partial charge is 0.134 e. The molecule has 0 N–H and O–H groups in total. The molecule has 1 aromatic carbocycles. The van der Waals surface area contributed by atoms with Crippen molar-refractivity contribution in [3.63, 3.8) is 0 Å². The number of aromatic nitrogens is 1. The number of benzene rings is 1. The van der Waals surface area contributed by atoms with Crippen LogP contribution < -0.4 is 0 Å².